The Morgan fingerprint density at radius 1 is 1.47 bits per heavy atom. The van der Waals surface area contributed by atoms with Crippen LogP contribution in [0.3, 0.4) is 0 Å². The van der Waals surface area contributed by atoms with E-state index in [0.717, 1.165) is 10.9 Å². The zero-order chi connectivity index (χ0) is 10.8. The van der Waals surface area contributed by atoms with Crippen LogP contribution in [0.2, 0.25) is 5.02 Å². The SMILES string of the molecule is CC1CCN(C(C)c2cccc(Cl)c2)C1. The van der Waals surface area contributed by atoms with Crippen LogP contribution in [0, 0.1) is 5.92 Å². The van der Waals surface area contributed by atoms with Gasteiger partial charge < -0.3 is 0 Å². The number of hydrogen-bond acceptors (Lipinski definition) is 1. The maximum atomic E-state index is 6.01. The summed E-state index contributed by atoms with van der Waals surface area (Å²) in [4.78, 5) is 2.54. The highest BCUT2D eigenvalue weighted by Gasteiger charge is 2.23. The molecule has 15 heavy (non-hydrogen) atoms. The molecule has 1 nitrogen and oxygen atoms in total. The van der Waals surface area contributed by atoms with Crippen LogP contribution in [0.15, 0.2) is 24.3 Å². The highest BCUT2D eigenvalue weighted by molar-refractivity contribution is 6.30. The summed E-state index contributed by atoms with van der Waals surface area (Å²) in [5, 5.41) is 0.839. The van der Waals surface area contributed by atoms with Gasteiger partial charge in [-0.3, -0.25) is 4.90 Å². The first-order valence-corrected chi connectivity index (χ1v) is 6.04. The lowest BCUT2D eigenvalue weighted by molar-refractivity contribution is 0.255. The van der Waals surface area contributed by atoms with E-state index in [9.17, 15) is 0 Å². The molecule has 1 saturated heterocycles. The van der Waals surface area contributed by atoms with Crippen molar-refractivity contribution in [3.05, 3.63) is 34.9 Å². The van der Waals surface area contributed by atoms with Crippen LogP contribution < -0.4 is 0 Å². The van der Waals surface area contributed by atoms with Crippen LogP contribution in [-0.4, -0.2) is 18.0 Å². The molecule has 2 rings (SSSR count). The first-order valence-electron chi connectivity index (χ1n) is 5.66. The van der Waals surface area contributed by atoms with Gasteiger partial charge in [0.1, 0.15) is 0 Å². The Morgan fingerprint density at radius 3 is 2.87 bits per heavy atom. The van der Waals surface area contributed by atoms with Gasteiger partial charge in [-0.05, 0) is 43.5 Å². The Hall–Kier alpha value is -0.530. The van der Waals surface area contributed by atoms with E-state index in [-0.39, 0.29) is 0 Å². The molecule has 0 aliphatic carbocycles. The van der Waals surface area contributed by atoms with Crippen molar-refractivity contribution in [3.8, 4) is 0 Å². The number of nitrogens with zero attached hydrogens (tertiary/aromatic N) is 1. The highest BCUT2D eigenvalue weighted by Crippen LogP contribution is 2.28. The van der Waals surface area contributed by atoms with Crippen LogP contribution in [0.25, 0.3) is 0 Å². The Balaban J connectivity index is 2.10. The van der Waals surface area contributed by atoms with Crippen molar-refractivity contribution in [2.24, 2.45) is 5.92 Å². The average Bonchev–Trinajstić information content (AvgIpc) is 2.64. The second-order valence-electron chi connectivity index (χ2n) is 4.62. The third-order valence-corrected chi connectivity index (χ3v) is 3.57. The highest BCUT2D eigenvalue weighted by atomic mass is 35.5. The van der Waals surface area contributed by atoms with Crippen LogP contribution >= 0.6 is 11.6 Å². The predicted octanol–water partition coefficient (Wildman–Crippen LogP) is 3.74. The molecule has 0 aromatic heterocycles. The molecule has 0 spiro atoms. The van der Waals surface area contributed by atoms with Gasteiger partial charge in [0.2, 0.25) is 0 Å². The molecule has 0 radical (unpaired) electrons. The first-order chi connectivity index (χ1) is 7.16. The molecule has 0 amide bonds. The first kappa shape index (κ1) is 11.0. The normalized spacial score (nSPS) is 24.3. The average molecular weight is 224 g/mol. The minimum absolute atomic E-state index is 0.494. The smallest absolute Gasteiger partial charge is 0.0409 e. The number of benzene rings is 1. The lowest BCUT2D eigenvalue weighted by Crippen LogP contribution is -2.24. The lowest BCUT2D eigenvalue weighted by Gasteiger charge is -2.24. The fourth-order valence-corrected chi connectivity index (χ4v) is 2.50. The summed E-state index contributed by atoms with van der Waals surface area (Å²) in [6.07, 6.45) is 1.32. The fourth-order valence-electron chi connectivity index (χ4n) is 2.30. The van der Waals surface area contributed by atoms with Crippen molar-refractivity contribution in [1.82, 2.24) is 4.90 Å². The molecule has 0 N–H and O–H groups in total. The van der Waals surface area contributed by atoms with Gasteiger partial charge in [-0.1, -0.05) is 30.7 Å². The molecule has 1 aliphatic heterocycles. The van der Waals surface area contributed by atoms with Crippen molar-refractivity contribution < 1.29 is 0 Å². The van der Waals surface area contributed by atoms with Gasteiger partial charge in [-0.15, -0.1) is 0 Å². The number of rotatable bonds is 2. The minimum Gasteiger partial charge on any atom is -0.296 e. The van der Waals surface area contributed by atoms with Gasteiger partial charge >= 0.3 is 0 Å². The van der Waals surface area contributed by atoms with E-state index in [2.05, 4.69) is 30.9 Å². The maximum absolute atomic E-state index is 6.01. The van der Waals surface area contributed by atoms with E-state index in [4.69, 9.17) is 11.6 Å². The Labute approximate surface area is 97.0 Å². The summed E-state index contributed by atoms with van der Waals surface area (Å²) in [6.45, 7) is 7.02. The van der Waals surface area contributed by atoms with E-state index in [1.165, 1.54) is 25.1 Å². The minimum atomic E-state index is 0.494. The van der Waals surface area contributed by atoms with Gasteiger partial charge in [0, 0.05) is 17.6 Å². The second kappa shape index (κ2) is 4.54. The van der Waals surface area contributed by atoms with Gasteiger partial charge in [-0.25, -0.2) is 0 Å². The molecule has 2 atom stereocenters. The van der Waals surface area contributed by atoms with Crippen LogP contribution in [-0.2, 0) is 0 Å². The molecule has 1 aromatic rings. The van der Waals surface area contributed by atoms with Crippen LogP contribution in [0.5, 0.6) is 0 Å². The number of halogens is 1. The van der Waals surface area contributed by atoms with Crippen LogP contribution in [0.1, 0.15) is 31.9 Å². The summed E-state index contributed by atoms with van der Waals surface area (Å²) in [5.41, 5.74) is 1.33. The predicted molar refractivity (Wildman–Crippen MR) is 65.2 cm³/mol. The van der Waals surface area contributed by atoms with Crippen molar-refractivity contribution in [2.75, 3.05) is 13.1 Å². The topological polar surface area (TPSA) is 3.24 Å². The summed E-state index contributed by atoms with van der Waals surface area (Å²) >= 11 is 6.01. The number of hydrogen-bond donors (Lipinski definition) is 0. The van der Waals surface area contributed by atoms with E-state index >= 15 is 0 Å². The summed E-state index contributed by atoms with van der Waals surface area (Å²) in [5.74, 6) is 0.839. The molecule has 1 fully saturated rings. The van der Waals surface area contributed by atoms with Gasteiger partial charge in [0.25, 0.3) is 0 Å². The van der Waals surface area contributed by atoms with E-state index < -0.39 is 0 Å². The molecule has 2 heteroatoms. The Bertz CT molecular complexity index is 337. The molecule has 0 saturated carbocycles. The summed E-state index contributed by atoms with van der Waals surface area (Å²) in [7, 11) is 0. The van der Waals surface area contributed by atoms with Crippen molar-refractivity contribution in [2.45, 2.75) is 26.3 Å². The zero-order valence-electron chi connectivity index (χ0n) is 9.41. The lowest BCUT2D eigenvalue weighted by atomic mass is 10.1. The maximum Gasteiger partial charge on any atom is 0.0409 e. The zero-order valence-corrected chi connectivity index (χ0v) is 10.2. The third-order valence-electron chi connectivity index (χ3n) is 3.33. The molecule has 2 unspecified atom stereocenters. The standard InChI is InChI=1S/C13H18ClN/c1-10-6-7-15(9-10)11(2)12-4-3-5-13(14)8-12/h3-5,8,10-11H,6-7,9H2,1-2H3. The van der Waals surface area contributed by atoms with Crippen molar-refractivity contribution in [3.63, 3.8) is 0 Å². The molecule has 0 bridgehead atoms. The third kappa shape index (κ3) is 2.53. The van der Waals surface area contributed by atoms with Gasteiger partial charge in [0.15, 0.2) is 0 Å². The number of likely N-dealkylation sites (tertiary alicyclic amines) is 1. The molecule has 1 heterocycles. The molecule has 82 valence electrons. The molecular formula is C13H18ClN. The molecule has 1 aromatic carbocycles. The Kier molecular flexibility index (Phi) is 3.32. The van der Waals surface area contributed by atoms with E-state index in [1.807, 2.05) is 12.1 Å². The van der Waals surface area contributed by atoms with E-state index in [0.29, 0.717) is 6.04 Å². The quantitative estimate of drug-likeness (QED) is 0.738. The van der Waals surface area contributed by atoms with Crippen molar-refractivity contribution >= 4 is 11.6 Å². The molecule has 1 aliphatic rings. The van der Waals surface area contributed by atoms with Gasteiger partial charge in [0.05, 0.1) is 0 Å². The largest absolute Gasteiger partial charge is 0.296 e. The molecular weight excluding hydrogens is 206 g/mol. The summed E-state index contributed by atoms with van der Waals surface area (Å²) in [6, 6.07) is 8.71. The Morgan fingerprint density at radius 2 is 2.27 bits per heavy atom. The second-order valence-corrected chi connectivity index (χ2v) is 5.06. The van der Waals surface area contributed by atoms with Crippen molar-refractivity contribution in [1.29, 1.82) is 0 Å². The monoisotopic (exact) mass is 223 g/mol. The fraction of sp³-hybridized carbons (Fsp3) is 0.538. The summed E-state index contributed by atoms with van der Waals surface area (Å²) < 4.78 is 0. The van der Waals surface area contributed by atoms with Crippen LogP contribution in [0.4, 0.5) is 0 Å². The van der Waals surface area contributed by atoms with Gasteiger partial charge in [-0.2, -0.15) is 0 Å². The van der Waals surface area contributed by atoms with E-state index in [1.54, 1.807) is 0 Å².